The number of fused-ring (bicyclic) bond motifs is 3. The average Bonchev–Trinajstić information content (AvgIpc) is 3.12. The monoisotopic (exact) mass is 469 g/mol. The fraction of sp³-hybridized carbons (Fsp3) is 0.346. The van der Waals surface area contributed by atoms with E-state index in [4.69, 9.17) is 9.97 Å². The van der Waals surface area contributed by atoms with Gasteiger partial charge in [-0.3, -0.25) is 9.89 Å². The zero-order valence-corrected chi connectivity index (χ0v) is 19.3. The van der Waals surface area contributed by atoms with Gasteiger partial charge >= 0.3 is 0 Å². The molecule has 2 N–H and O–H groups in total. The molecule has 9 heteroatoms. The maximum atomic E-state index is 14.7. The summed E-state index contributed by atoms with van der Waals surface area (Å²) >= 11 is 0. The van der Waals surface area contributed by atoms with Gasteiger partial charge in [-0.15, -0.1) is 0 Å². The van der Waals surface area contributed by atoms with Gasteiger partial charge in [0.15, 0.2) is 0 Å². The van der Waals surface area contributed by atoms with E-state index in [0.29, 0.717) is 35.2 Å². The Bertz CT molecular complexity index is 1500. The Morgan fingerprint density at radius 1 is 1.20 bits per heavy atom. The van der Waals surface area contributed by atoms with E-state index in [1.165, 1.54) is 0 Å². The van der Waals surface area contributed by atoms with Gasteiger partial charge in [0.05, 0.1) is 18.3 Å². The molecule has 4 aromatic rings. The van der Waals surface area contributed by atoms with E-state index in [2.05, 4.69) is 32.3 Å². The number of pyridine rings is 1. The van der Waals surface area contributed by atoms with Crippen molar-refractivity contribution in [2.24, 2.45) is 11.8 Å². The third-order valence-electron chi connectivity index (χ3n) is 8.23. The van der Waals surface area contributed by atoms with E-state index < -0.39 is 0 Å². The fourth-order valence-electron chi connectivity index (χ4n) is 6.52. The van der Waals surface area contributed by atoms with Crippen LogP contribution in [-0.2, 0) is 16.6 Å². The number of H-pyrrole nitrogens is 1. The number of aromatic nitrogens is 5. The predicted octanol–water partition coefficient (Wildman–Crippen LogP) is 3.85. The fourth-order valence-corrected chi connectivity index (χ4v) is 6.52. The summed E-state index contributed by atoms with van der Waals surface area (Å²) in [5.74, 6) is 2.16. The van der Waals surface area contributed by atoms with Crippen molar-refractivity contribution < 1.29 is 9.18 Å². The minimum absolute atomic E-state index is 0.0509. The number of carbonyl (C=O) groups excluding carboxylic acids is 1. The SMILES string of the molecule is CC[C@]1(c2ccccc2F)[C@@H]2CCN(c3cnc4c(-c5cnc6c(c5)CC(=O)N6)[nH]nc4n3)C[C@@H]21. The highest BCUT2D eigenvalue weighted by Crippen LogP contribution is 2.65. The summed E-state index contributed by atoms with van der Waals surface area (Å²) in [6.45, 7) is 3.87. The van der Waals surface area contributed by atoms with Crippen LogP contribution in [0.15, 0.2) is 42.7 Å². The molecule has 3 atom stereocenters. The normalized spacial score (nSPS) is 24.9. The lowest BCUT2D eigenvalue weighted by molar-refractivity contribution is -0.115. The highest BCUT2D eigenvalue weighted by molar-refractivity contribution is 5.98. The molecule has 8 nitrogen and oxygen atoms in total. The summed E-state index contributed by atoms with van der Waals surface area (Å²) in [7, 11) is 0. The van der Waals surface area contributed by atoms with Crippen molar-refractivity contribution in [3.05, 3.63) is 59.7 Å². The summed E-state index contributed by atoms with van der Waals surface area (Å²) in [5.41, 5.74) is 4.40. The first-order chi connectivity index (χ1) is 17.1. The second kappa shape index (κ2) is 7.31. The van der Waals surface area contributed by atoms with Crippen LogP contribution in [0, 0.1) is 17.7 Å². The van der Waals surface area contributed by atoms with Crippen LogP contribution in [0.1, 0.15) is 30.9 Å². The molecule has 1 amide bonds. The molecule has 5 heterocycles. The molecular weight excluding hydrogens is 445 g/mol. The second-order valence-electron chi connectivity index (χ2n) is 9.78. The van der Waals surface area contributed by atoms with Crippen LogP contribution in [0.2, 0.25) is 0 Å². The number of benzene rings is 1. The largest absolute Gasteiger partial charge is 0.355 e. The Hall–Kier alpha value is -3.88. The summed E-state index contributed by atoms with van der Waals surface area (Å²) < 4.78 is 14.7. The minimum atomic E-state index is -0.0956. The van der Waals surface area contributed by atoms with E-state index in [9.17, 15) is 9.18 Å². The molecule has 176 valence electrons. The Morgan fingerprint density at radius 3 is 2.94 bits per heavy atom. The van der Waals surface area contributed by atoms with Gasteiger partial charge in [0, 0.05) is 35.8 Å². The number of nitrogens with one attached hydrogen (secondary N) is 2. The highest BCUT2D eigenvalue weighted by atomic mass is 19.1. The smallest absolute Gasteiger partial charge is 0.230 e. The van der Waals surface area contributed by atoms with Crippen LogP contribution < -0.4 is 10.2 Å². The number of hydrogen-bond donors (Lipinski definition) is 2. The quantitative estimate of drug-likeness (QED) is 0.471. The van der Waals surface area contributed by atoms with Crippen LogP contribution in [-0.4, -0.2) is 44.1 Å². The average molecular weight is 470 g/mol. The summed E-state index contributed by atoms with van der Waals surface area (Å²) in [6, 6.07) is 9.18. The second-order valence-corrected chi connectivity index (χ2v) is 9.78. The lowest BCUT2D eigenvalue weighted by atomic mass is 9.88. The number of halogens is 1. The van der Waals surface area contributed by atoms with Crippen molar-refractivity contribution in [3.8, 4) is 11.3 Å². The molecule has 2 fully saturated rings. The first kappa shape index (κ1) is 20.5. The van der Waals surface area contributed by atoms with Gasteiger partial charge in [-0.25, -0.2) is 19.3 Å². The van der Waals surface area contributed by atoms with Crippen molar-refractivity contribution in [2.75, 3.05) is 23.3 Å². The first-order valence-electron chi connectivity index (χ1n) is 12.1. The Morgan fingerprint density at radius 2 is 2.09 bits per heavy atom. The van der Waals surface area contributed by atoms with Crippen molar-refractivity contribution in [3.63, 3.8) is 0 Å². The first-order valence-corrected chi connectivity index (χ1v) is 12.1. The van der Waals surface area contributed by atoms with Crippen molar-refractivity contribution >= 4 is 28.7 Å². The Kier molecular flexibility index (Phi) is 4.28. The molecule has 0 unspecified atom stereocenters. The molecule has 35 heavy (non-hydrogen) atoms. The number of rotatable bonds is 4. The maximum absolute atomic E-state index is 14.7. The van der Waals surface area contributed by atoms with Crippen LogP contribution in [0.4, 0.5) is 16.0 Å². The third kappa shape index (κ3) is 2.93. The maximum Gasteiger partial charge on any atom is 0.230 e. The van der Waals surface area contributed by atoms with Crippen molar-refractivity contribution in [1.29, 1.82) is 0 Å². The van der Waals surface area contributed by atoms with E-state index in [1.54, 1.807) is 24.5 Å². The number of anilines is 2. The molecule has 0 bridgehead atoms. The molecule has 1 saturated carbocycles. The topological polar surface area (TPSA) is 99.7 Å². The van der Waals surface area contributed by atoms with E-state index in [-0.39, 0.29) is 17.1 Å². The lowest BCUT2D eigenvalue weighted by Crippen LogP contribution is -2.32. The van der Waals surface area contributed by atoms with E-state index in [1.807, 2.05) is 18.2 Å². The van der Waals surface area contributed by atoms with Gasteiger partial charge in [0.2, 0.25) is 11.6 Å². The molecule has 0 spiro atoms. The summed E-state index contributed by atoms with van der Waals surface area (Å²) in [5, 5.41) is 10.2. The molecule has 3 aromatic heterocycles. The third-order valence-corrected chi connectivity index (χ3v) is 8.23. The molecule has 1 saturated heterocycles. The number of piperidine rings is 1. The zero-order chi connectivity index (χ0) is 23.7. The van der Waals surface area contributed by atoms with Gasteiger partial charge in [-0.1, -0.05) is 25.1 Å². The van der Waals surface area contributed by atoms with E-state index in [0.717, 1.165) is 54.1 Å². The van der Waals surface area contributed by atoms with Crippen LogP contribution in [0.5, 0.6) is 0 Å². The van der Waals surface area contributed by atoms with Gasteiger partial charge in [-0.05, 0) is 42.4 Å². The van der Waals surface area contributed by atoms with Crippen molar-refractivity contribution in [2.45, 2.75) is 31.6 Å². The number of hydrogen-bond acceptors (Lipinski definition) is 6. The zero-order valence-electron chi connectivity index (χ0n) is 19.3. The van der Waals surface area contributed by atoms with Gasteiger partial charge in [-0.2, -0.15) is 5.10 Å². The molecule has 1 aliphatic carbocycles. The summed E-state index contributed by atoms with van der Waals surface area (Å²) in [4.78, 5) is 27.8. The molecule has 7 rings (SSSR count). The van der Waals surface area contributed by atoms with Crippen LogP contribution >= 0.6 is 0 Å². The minimum Gasteiger partial charge on any atom is -0.355 e. The Labute approximate surface area is 201 Å². The van der Waals surface area contributed by atoms with Gasteiger partial charge < -0.3 is 10.2 Å². The highest BCUT2D eigenvalue weighted by Gasteiger charge is 2.65. The molecule has 1 aromatic carbocycles. The molecule has 3 aliphatic rings. The van der Waals surface area contributed by atoms with E-state index >= 15 is 0 Å². The summed E-state index contributed by atoms with van der Waals surface area (Å²) in [6.07, 6.45) is 5.76. The number of carbonyl (C=O) groups is 1. The predicted molar refractivity (Wildman–Crippen MR) is 129 cm³/mol. The Balaban J connectivity index is 1.17. The molecule has 2 aliphatic heterocycles. The lowest BCUT2D eigenvalue weighted by Gasteiger charge is -2.26. The van der Waals surface area contributed by atoms with Crippen LogP contribution in [0.25, 0.3) is 22.4 Å². The number of aromatic amines is 1. The number of nitrogens with zero attached hydrogens (tertiary/aromatic N) is 5. The van der Waals surface area contributed by atoms with Crippen LogP contribution in [0.3, 0.4) is 0 Å². The molecular formula is C26H24FN7O. The number of amides is 1. The molecule has 0 radical (unpaired) electrons. The standard InChI is InChI=1S/C26H24FN7O/c1-2-26(17-5-3-4-6-19(17)27)16-7-8-34(13-18(16)26)20-12-28-23-22(32-33-25(23)30-20)15-9-14-10-21(35)31-24(14)29-11-15/h3-6,9,11-12,16,18H,2,7-8,10,13H2,1H3,(H,29,31,35)(H,30,32,33)/t16-,18+,26-/m1/s1. The van der Waals surface area contributed by atoms with Crippen molar-refractivity contribution in [1.82, 2.24) is 25.1 Å². The van der Waals surface area contributed by atoms with Gasteiger partial charge in [0.1, 0.15) is 23.0 Å². The van der Waals surface area contributed by atoms with Gasteiger partial charge in [0.25, 0.3) is 0 Å².